The van der Waals surface area contributed by atoms with Crippen LogP contribution in [0.1, 0.15) is 18.9 Å². The van der Waals surface area contributed by atoms with E-state index in [0.29, 0.717) is 13.0 Å². The first kappa shape index (κ1) is 15.2. The molecule has 0 aliphatic rings. The molecule has 0 unspecified atom stereocenters. The van der Waals surface area contributed by atoms with E-state index >= 15 is 0 Å². The van der Waals surface area contributed by atoms with Gasteiger partial charge in [-0.3, -0.25) is 9.78 Å². The summed E-state index contributed by atoms with van der Waals surface area (Å²) in [5.74, 6) is 0.0548. The van der Waals surface area contributed by atoms with Crippen LogP contribution >= 0.6 is 0 Å². The molecule has 0 spiro atoms. The fourth-order valence-corrected chi connectivity index (χ4v) is 2.68. The number of aryl methyl sites for hydroxylation is 1. The number of pyridine rings is 1. The van der Waals surface area contributed by atoms with Gasteiger partial charge < -0.3 is 9.88 Å². The molecule has 0 fully saturated rings. The van der Waals surface area contributed by atoms with Crippen molar-refractivity contribution in [2.45, 2.75) is 32.4 Å². The molecule has 1 aromatic carbocycles. The third-order valence-electron chi connectivity index (χ3n) is 3.78. The fraction of sp³-hybridized carbons (Fsp3) is 0.278. The molecular weight excluding hydrogens is 288 g/mol. The molecule has 118 valence electrons. The first-order valence-corrected chi connectivity index (χ1v) is 7.80. The lowest BCUT2D eigenvalue weighted by molar-refractivity contribution is -0.121. The minimum absolute atomic E-state index is 0.0548. The van der Waals surface area contributed by atoms with Crippen LogP contribution in [0.2, 0.25) is 0 Å². The zero-order valence-electron chi connectivity index (χ0n) is 13.1. The van der Waals surface area contributed by atoms with E-state index in [1.807, 2.05) is 54.1 Å². The van der Waals surface area contributed by atoms with Gasteiger partial charge in [0.25, 0.3) is 0 Å². The molecule has 0 bridgehead atoms. The number of rotatable bonds is 6. The van der Waals surface area contributed by atoms with Gasteiger partial charge >= 0.3 is 0 Å². The number of carbonyl (C=O) groups is 1. The number of nitrogens with zero attached hydrogens (tertiary/aromatic N) is 3. The Morgan fingerprint density at radius 1 is 1.26 bits per heavy atom. The van der Waals surface area contributed by atoms with Crippen molar-refractivity contribution in [1.82, 2.24) is 19.9 Å². The predicted molar refractivity (Wildman–Crippen MR) is 89.9 cm³/mol. The van der Waals surface area contributed by atoms with Crippen molar-refractivity contribution < 1.29 is 4.79 Å². The van der Waals surface area contributed by atoms with Crippen LogP contribution in [0.5, 0.6) is 0 Å². The smallest absolute Gasteiger partial charge is 0.222 e. The van der Waals surface area contributed by atoms with Crippen molar-refractivity contribution >= 4 is 16.9 Å². The molecule has 2 heterocycles. The third-order valence-corrected chi connectivity index (χ3v) is 3.78. The lowest BCUT2D eigenvalue weighted by atomic mass is 10.1. The molecule has 5 nitrogen and oxygen atoms in total. The van der Waals surface area contributed by atoms with Gasteiger partial charge in [0, 0.05) is 31.4 Å². The van der Waals surface area contributed by atoms with Gasteiger partial charge in [0.15, 0.2) is 0 Å². The summed E-state index contributed by atoms with van der Waals surface area (Å²) in [6.07, 6.45) is 6.60. The summed E-state index contributed by atoms with van der Waals surface area (Å²) in [5.41, 5.74) is 3.14. The summed E-state index contributed by atoms with van der Waals surface area (Å²) >= 11 is 0. The van der Waals surface area contributed by atoms with Crippen LogP contribution < -0.4 is 5.32 Å². The molecular formula is C18H20N4O. The molecule has 0 aliphatic carbocycles. The van der Waals surface area contributed by atoms with Crippen LogP contribution in [-0.4, -0.2) is 26.5 Å². The summed E-state index contributed by atoms with van der Waals surface area (Å²) < 4.78 is 2.01. The molecule has 0 saturated heterocycles. The quantitative estimate of drug-likeness (QED) is 0.761. The number of imidazole rings is 1. The van der Waals surface area contributed by atoms with E-state index in [1.54, 1.807) is 12.5 Å². The Morgan fingerprint density at radius 3 is 2.96 bits per heavy atom. The van der Waals surface area contributed by atoms with Crippen LogP contribution in [-0.2, 0) is 17.8 Å². The summed E-state index contributed by atoms with van der Waals surface area (Å²) in [6, 6.07) is 12.0. The Hall–Kier alpha value is -2.69. The highest BCUT2D eigenvalue weighted by Gasteiger charge is 2.09. The maximum atomic E-state index is 12.1. The number of nitrogens with one attached hydrogen (secondary N) is 1. The van der Waals surface area contributed by atoms with Gasteiger partial charge in [-0.25, -0.2) is 4.98 Å². The standard InChI is InChI=1S/C18H20N4O/c1-14(11-15-5-4-9-19-12-15)21-18(23)8-10-22-13-20-16-6-2-3-7-17(16)22/h2-7,9,12-14H,8,10-11H2,1H3,(H,21,23)/t14-/m0/s1. The van der Waals surface area contributed by atoms with Crippen molar-refractivity contribution in [2.24, 2.45) is 0 Å². The normalized spacial score (nSPS) is 12.2. The maximum Gasteiger partial charge on any atom is 0.222 e. The first-order chi connectivity index (χ1) is 11.2. The summed E-state index contributed by atoms with van der Waals surface area (Å²) in [7, 11) is 0. The molecule has 0 aliphatic heterocycles. The monoisotopic (exact) mass is 308 g/mol. The molecule has 2 aromatic heterocycles. The van der Waals surface area contributed by atoms with Gasteiger partial charge in [0.1, 0.15) is 0 Å². The van der Waals surface area contributed by atoms with E-state index in [-0.39, 0.29) is 11.9 Å². The number of benzene rings is 1. The van der Waals surface area contributed by atoms with Gasteiger partial charge in [0.05, 0.1) is 17.4 Å². The molecule has 3 aromatic rings. The number of hydrogen-bond acceptors (Lipinski definition) is 3. The molecule has 0 saturated carbocycles. The lowest BCUT2D eigenvalue weighted by Crippen LogP contribution is -2.34. The van der Waals surface area contributed by atoms with Crippen LogP contribution in [0.25, 0.3) is 11.0 Å². The van der Waals surface area contributed by atoms with Crippen LogP contribution in [0.15, 0.2) is 55.1 Å². The molecule has 1 N–H and O–H groups in total. The van der Waals surface area contributed by atoms with E-state index < -0.39 is 0 Å². The van der Waals surface area contributed by atoms with E-state index in [2.05, 4.69) is 15.3 Å². The van der Waals surface area contributed by atoms with Crippen LogP contribution in [0.3, 0.4) is 0 Å². The molecule has 3 rings (SSSR count). The van der Waals surface area contributed by atoms with Crippen molar-refractivity contribution in [3.63, 3.8) is 0 Å². The van der Waals surface area contributed by atoms with Crippen molar-refractivity contribution in [3.05, 3.63) is 60.7 Å². The largest absolute Gasteiger partial charge is 0.353 e. The number of amides is 1. The van der Waals surface area contributed by atoms with Gasteiger partial charge in [-0.2, -0.15) is 0 Å². The minimum atomic E-state index is 0.0548. The van der Waals surface area contributed by atoms with E-state index in [0.717, 1.165) is 23.0 Å². The maximum absolute atomic E-state index is 12.1. The van der Waals surface area contributed by atoms with Gasteiger partial charge in [-0.15, -0.1) is 0 Å². The Kier molecular flexibility index (Phi) is 4.66. The number of carbonyl (C=O) groups excluding carboxylic acids is 1. The third kappa shape index (κ3) is 3.94. The van der Waals surface area contributed by atoms with Gasteiger partial charge in [0.2, 0.25) is 5.91 Å². The van der Waals surface area contributed by atoms with E-state index in [1.165, 1.54) is 0 Å². The summed E-state index contributed by atoms with van der Waals surface area (Å²) in [4.78, 5) is 20.5. The Balaban J connectivity index is 1.51. The highest BCUT2D eigenvalue weighted by Crippen LogP contribution is 2.12. The minimum Gasteiger partial charge on any atom is -0.353 e. The van der Waals surface area contributed by atoms with E-state index in [4.69, 9.17) is 0 Å². The SMILES string of the molecule is C[C@@H](Cc1cccnc1)NC(=O)CCn1cnc2ccccc21. The summed E-state index contributed by atoms with van der Waals surface area (Å²) in [5, 5.41) is 3.04. The Labute approximate surface area is 135 Å². The number of aromatic nitrogens is 3. The molecule has 23 heavy (non-hydrogen) atoms. The molecule has 0 radical (unpaired) electrons. The molecule has 5 heteroatoms. The predicted octanol–water partition coefficient (Wildman–Crippen LogP) is 2.57. The Bertz CT molecular complexity index is 782. The fourth-order valence-electron chi connectivity index (χ4n) is 2.68. The van der Waals surface area contributed by atoms with Crippen LogP contribution in [0.4, 0.5) is 0 Å². The van der Waals surface area contributed by atoms with Crippen molar-refractivity contribution in [3.8, 4) is 0 Å². The second-order valence-corrected chi connectivity index (χ2v) is 5.71. The topological polar surface area (TPSA) is 59.8 Å². The first-order valence-electron chi connectivity index (χ1n) is 7.80. The zero-order chi connectivity index (χ0) is 16.1. The molecule has 1 amide bonds. The zero-order valence-corrected chi connectivity index (χ0v) is 13.1. The van der Waals surface area contributed by atoms with E-state index in [9.17, 15) is 4.79 Å². The Morgan fingerprint density at radius 2 is 2.13 bits per heavy atom. The van der Waals surface area contributed by atoms with Crippen molar-refractivity contribution in [1.29, 1.82) is 0 Å². The van der Waals surface area contributed by atoms with Gasteiger partial charge in [-0.1, -0.05) is 18.2 Å². The lowest BCUT2D eigenvalue weighted by Gasteiger charge is -2.14. The van der Waals surface area contributed by atoms with Crippen LogP contribution in [0, 0.1) is 0 Å². The number of hydrogen-bond donors (Lipinski definition) is 1. The highest BCUT2D eigenvalue weighted by atomic mass is 16.1. The van der Waals surface area contributed by atoms with Gasteiger partial charge in [-0.05, 0) is 37.1 Å². The average Bonchev–Trinajstić information content (AvgIpc) is 2.97. The van der Waals surface area contributed by atoms with Crippen molar-refractivity contribution in [2.75, 3.05) is 0 Å². The number of para-hydroxylation sites is 2. The second-order valence-electron chi connectivity index (χ2n) is 5.71. The average molecular weight is 308 g/mol. The summed E-state index contributed by atoms with van der Waals surface area (Å²) in [6.45, 7) is 2.64. The number of fused-ring (bicyclic) bond motifs is 1. The highest BCUT2D eigenvalue weighted by molar-refractivity contribution is 5.77. The second kappa shape index (κ2) is 7.05. The molecule has 1 atom stereocenters.